The largest absolute Gasteiger partial charge is 0.354 e. The first-order valence-corrected chi connectivity index (χ1v) is 8.79. The number of nitrogens with one attached hydrogen (secondary N) is 2. The van der Waals surface area contributed by atoms with Gasteiger partial charge in [0.15, 0.2) is 0 Å². The van der Waals surface area contributed by atoms with Crippen LogP contribution in [0.15, 0.2) is 35.5 Å². The molecule has 1 unspecified atom stereocenters. The fourth-order valence-corrected chi connectivity index (χ4v) is 3.40. The third-order valence-electron chi connectivity index (χ3n) is 4.13. The lowest BCUT2D eigenvalue weighted by molar-refractivity contribution is -0.126. The number of amides is 1. The van der Waals surface area contributed by atoms with Gasteiger partial charge < -0.3 is 5.32 Å². The highest BCUT2D eigenvalue weighted by Gasteiger charge is 2.24. The molecule has 6 nitrogen and oxygen atoms in total. The maximum Gasteiger partial charge on any atom is 0.237 e. The fraction of sp³-hybridized carbons (Fsp3) is 0.438. The number of aromatic nitrogens is 3. The summed E-state index contributed by atoms with van der Waals surface area (Å²) in [6.07, 6.45) is 2.69. The van der Waals surface area contributed by atoms with Crippen molar-refractivity contribution in [3.63, 3.8) is 0 Å². The first-order valence-electron chi connectivity index (χ1n) is 7.81. The van der Waals surface area contributed by atoms with E-state index < -0.39 is 0 Å². The standard InChI is InChI=1S/C16H21N5OS/c1-12(16(22)17-7-9-23-15-10-18-20-19-15)21-8-6-13-4-2-3-5-14(13)11-21/h2-5,10,12H,6-9,11H2,1H3,(H,17,22)(H,18,19,20). The summed E-state index contributed by atoms with van der Waals surface area (Å²) in [4.78, 5) is 14.6. The van der Waals surface area contributed by atoms with Crippen LogP contribution < -0.4 is 5.32 Å². The van der Waals surface area contributed by atoms with Crippen LogP contribution in [0.25, 0.3) is 0 Å². The van der Waals surface area contributed by atoms with Crippen molar-refractivity contribution in [2.75, 3.05) is 18.8 Å². The predicted octanol–water partition coefficient (Wildman–Crippen LogP) is 1.46. The molecular formula is C16H21N5OS. The van der Waals surface area contributed by atoms with Crippen LogP contribution in [0.5, 0.6) is 0 Å². The minimum absolute atomic E-state index is 0.0881. The van der Waals surface area contributed by atoms with E-state index >= 15 is 0 Å². The van der Waals surface area contributed by atoms with E-state index in [0.29, 0.717) is 6.54 Å². The van der Waals surface area contributed by atoms with Crippen LogP contribution in [0.4, 0.5) is 0 Å². The minimum Gasteiger partial charge on any atom is -0.354 e. The third-order valence-corrected chi connectivity index (χ3v) is 5.03. The Labute approximate surface area is 140 Å². The van der Waals surface area contributed by atoms with Gasteiger partial charge in [0.25, 0.3) is 0 Å². The zero-order chi connectivity index (χ0) is 16.1. The minimum atomic E-state index is -0.111. The van der Waals surface area contributed by atoms with E-state index in [-0.39, 0.29) is 11.9 Å². The molecule has 3 rings (SSSR count). The Morgan fingerprint density at radius 3 is 3.04 bits per heavy atom. The van der Waals surface area contributed by atoms with E-state index in [9.17, 15) is 4.79 Å². The van der Waals surface area contributed by atoms with Gasteiger partial charge in [0.2, 0.25) is 5.91 Å². The van der Waals surface area contributed by atoms with E-state index in [1.165, 1.54) is 11.1 Å². The lowest BCUT2D eigenvalue weighted by Gasteiger charge is -2.32. The van der Waals surface area contributed by atoms with Crippen molar-refractivity contribution in [1.29, 1.82) is 0 Å². The highest BCUT2D eigenvalue weighted by Crippen LogP contribution is 2.20. The molecule has 0 radical (unpaired) electrons. The van der Waals surface area contributed by atoms with Crippen LogP contribution in [0.3, 0.4) is 0 Å². The summed E-state index contributed by atoms with van der Waals surface area (Å²) in [5, 5.41) is 14.1. The maximum absolute atomic E-state index is 12.3. The van der Waals surface area contributed by atoms with Gasteiger partial charge in [0, 0.05) is 25.4 Å². The van der Waals surface area contributed by atoms with Gasteiger partial charge in [0.05, 0.1) is 12.2 Å². The summed E-state index contributed by atoms with van der Waals surface area (Å²) in [7, 11) is 0. The van der Waals surface area contributed by atoms with E-state index in [1.807, 2.05) is 6.92 Å². The number of hydrogen-bond donors (Lipinski definition) is 2. The third kappa shape index (κ3) is 4.11. The number of H-pyrrole nitrogens is 1. The first kappa shape index (κ1) is 16.0. The first-order chi connectivity index (χ1) is 11.2. The van der Waals surface area contributed by atoms with Gasteiger partial charge in [-0.15, -0.1) is 16.9 Å². The van der Waals surface area contributed by atoms with Crippen molar-refractivity contribution in [3.05, 3.63) is 41.6 Å². The van der Waals surface area contributed by atoms with Gasteiger partial charge in [-0.1, -0.05) is 24.3 Å². The van der Waals surface area contributed by atoms with Crippen molar-refractivity contribution in [3.8, 4) is 0 Å². The summed E-state index contributed by atoms with van der Waals surface area (Å²) in [5.74, 6) is 0.874. The summed E-state index contributed by atoms with van der Waals surface area (Å²) in [5.41, 5.74) is 2.74. The van der Waals surface area contributed by atoms with Crippen LogP contribution in [-0.2, 0) is 17.8 Å². The molecule has 0 saturated heterocycles. The number of hydrogen-bond acceptors (Lipinski definition) is 5. The lowest BCUT2D eigenvalue weighted by atomic mass is 9.99. The van der Waals surface area contributed by atoms with E-state index in [2.05, 4.69) is 49.9 Å². The Morgan fingerprint density at radius 2 is 2.26 bits per heavy atom. The fourth-order valence-electron chi connectivity index (χ4n) is 2.75. The van der Waals surface area contributed by atoms with Crippen molar-refractivity contribution >= 4 is 17.7 Å². The molecule has 1 amide bonds. The number of fused-ring (bicyclic) bond motifs is 1. The molecule has 1 aliphatic rings. The number of carbonyl (C=O) groups is 1. The summed E-state index contributed by atoms with van der Waals surface area (Å²) in [6.45, 7) is 4.39. The number of rotatable bonds is 6. The lowest BCUT2D eigenvalue weighted by Crippen LogP contribution is -2.47. The molecule has 122 valence electrons. The Kier molecular flexibility index (Phi) is 5.30. The number of benzene rings is 1. The summed E-state index contributed by atoms with van der Waals surface area (Å²) >= 11 is 1.57. The molecule has 0 bridgehead atoms. The molecule has 1 aromatic carbocycles. The Hall–Kier alpha value is -1.86. The van der Waals surface area contributed by atoms with Crippen molar-refractivity contribution < 1.29 is 4.79 Å². The van der Waals surface area contributed by atoms with Gasteiger partial charge >= 0.3 is 0 Å². The van der Waals surface area contributed by atoms with E-state index in [0.717, 1.165) is 30.3 Å². The normalized spacial score (nSPS) is 15.9. The molecule has 7 heteroatoms. The topological polar surface area (TPSA) is 73.9 Å². The monoisotopic (exact) mass is 331 g/mol. The number of carbonyl (C=O) groups excluding carboxylic acids is 1. The van der Waals surface area contributed by atoms with E-state index in [4.69, 9.17) is 0 Å². The smallest absolute Gasteiger partial charge is 0.237 e. The maximum atomic E-state index is 12.3. The second-order valence-electron chi connectivity index (χ2n) is 5.61. The van der Waals surface area contributed by atoms with Crippen LogP contribution in [0.1, 0.15) is 18.1 Å². The van der Waals surface area contributed by atoms with Crippen LogP contribution in [0.2, 0.25) is 0 Å². The average Bonchev–Trinajstić information content (AvgIpc) is 3.11. The molecule has 1 atom stereocenters. The summed E-state index contributed by atoms with van der Waals surface area (Å²) in [6, 6.07) is 8.37. The SMILES string of the molecule is CC(C(=O)NCCSc1cn[nH]n1)N1CCc2ccccc2C1. The number of aromatic amines is 1. The highest BCUT2D eigenvalue weighted by atomic mass is 32.2. The molecule has 0 saturated carbocycles. The quantitative estimate of drug-likeness (QED) is 0.619. The molecule has 0 fully saturated rings. The van der Waals surface area contributed by atoms with Crippen molar-refractivity contribution in [2.45, 2.75) is 31.0 Å². The second kappa shape index (κ2) is 7.61. The highest BCUT2D eigenvalue weighted by molar-refractivity contribution is 7.99. The van der Waals surface area contributed by atoms with Crippen LogP contribution in [0, 0.1) is 0 Å². The van der Waals surface area contributed by atoms with Gasteiger partial charge in [-0.05, 0) is 24.5 Å². The van der Waals surface area contributed by atoms with E-state index in [1.54, 1.807) is 18.0 Å². The summed E-state index contributed by atoms with van der Waals surface area (Å²) < 4.78 is 0. The van der Waals surface area contributed by atoms with Crippen molar-refractivity contribution in [1.82, 2.24) is 25.6 Å². The molecule has 2 N–H and O–H groups in total. The predicted molar refractivity (Wildman–Crippen MR) is 90.1 cm³/mol. The average molecular weight is 331 g/mol. The van der Waals surface area contributed by atoms with Gasteiger partial charge in [-0.25, -0.2) is 0 Å². The Bertz CT molecular complexity index is 646. The van der Waals surface area contributed by atoms with Gasteiger partial charge in [-0.2, -0.15) is 10.3 Å². The Morgan fingerprint density at radius 1 is 1.43 bits per heavy atom. The molecule has 1 aromatic heterocycles. The zero-order valence-corrected chi connectivity index (χ0v) is 14.0. The van der Waals surface area contributed by atoms with Crippen LogP contribution >= 0.6 is 11.8 Å². The second-order valence-corrected chi connectivity index (χ2v) is 6.73. The van der Waals surface area contributed by atoms with Crippen LogP contribution in [-0.4, -0.2) is 51.1 Å². The Balaban J connectivity index is 1.44. The molecule has 0 aliphatic carbocycles. The molecule has 0 spiro atoms. The zero-order valence-electron chi connectivity index (χ0n) is 13.2. The number of nitrogens with zero attached hydrogens (tertiary/aromatic N) is 3. The number of thioether (sulfide) groups is 1. The molecule has 2 heterocycles. The molecule has 23 heavy (non-hydrogen) atoms. The van der Waals surface area contributed by atoms with Crippen molar-refractivity contribution in [2.24, 2.45) is 0 Å². The van der Waals surface area contributed by atoms with Gasteiger partial charge in [0.1, 0.15) is 5.03 Å². The molecule has 1 aliphatic heterocycles. The molecular weight excluding hydrogens is 310 g/mol. The van der Waals surface area contributed by atoms with Gasteiger partial charge in [-0.3, -0.25) is 9.69 Å². The molecule has 2 aromatic rings.